The molecule has 0 aliphatic carbocycles. The molecule has 0 atom stereocenters. The molecule has 0 aliphatic rings. The molecule has 0 fully saturated rings. The van der Waals surface area contributed by atoms with Crippen LogP contribution in [0.1, 0.15) is 12.5 Å². The lowest BCUT2D eigenvalue weighted by Gasteiger charge is -2.01. The van der Waals surface area contributed by atoms with Crippen molar-refractivity contribution >= 4 is 6.08 Å². The van der Waals surface area contributed by atoms with Crippen molar-refractivity contribution in [3.8, 4) is 5.69 Å². The molecule has 15 heavy (non-hydrogen) atoms. The highest BCUT2D eigenvalue weighted by Gasteiger charge is 1.95. The largest absolute Gasteiger partial charge is 0.241 e. The van der Waals surface area contributed by atoms with Crippen LogP contribution in [-0.2, 0) is 0 Å². The minimum Gasteiger partial charge on any atom is -0.241 e. The van der Waals surface area contributed by atoms with Crippen LogP contribution in [-0.4, -0.2) is 9.78 Å². The van der Waals surface area contributed by atoms with Crippen molar-refractivity contribution in [3.63, 3.8) is 0 Å². The molecule has 0 N–H and O–H groups in total. The molecule has 76 valence electrons. The molecule has 3 heteroatoms. The maximum atomic E-state index is 12.6. The molecule has 2 rings (SSSR count). The summed E-state index contributed by atoms with van der Waals surface area (Å²) in [5.74, 6) is -0.193. The summed E-state index contributed by atoms with van der Waals surface area (Å²) in [6, 6.07) is 9.39. The van der Waals surface area contributed by atoms with E-state index < -0.39 is 0 Å². The number of hydrogen-bond acceptors (Lipinski definition) is 1. The molecule has 1 heterocycles. The van der Waals surface area contributed by atoms with Gasteiger partial charge in [-0.3, -0.25) is 0 Å². The topological polar surface area (TPSA) is 17.8 Å². The van der Waals surface area contributed by atoms with E-state index >= 15 is 0 Å². The standard InChI is InChI=1S/C12H11FN2/c1-10(13)9-11-3-5-12(6-4-11)15-8-2-7-14-15/h2-9H,1H3/b10-9-. The second-order valence-electron chi connectivity index (χ2n) is 3.27. The van der Waals surface area contributed by atoms with Gasteiger partial charge in [-0.2, -0.15) is 5.10 Å². The van der Waals surface area contributed by atoms with Crippen LogP contribution < -0.4 is 0 Å². The summed E-state index contributed by atoms with van der Waals surface area (Å²) in [4.78, 5) is 0. The average molecular weight is 202 g/mol. The summed E-state index contributed by atoms with van der Waals surface area (Å²) in [5, 5.41) is 4.10. The Bertz CT molecular complexity index is 451. The van der Waals surface area contributed by atoms with E-state index in [0.717, 1.165) is 11.3 Å². The van der Waals surface area contributed by atoms with Crippen LogP contribution in [0.3, 0.4) is 0 Å². The Morgan fingerprint density at radius 2 is 2.07 bits per heavy atom. The zero-order valence-corrected chi connectivity index (χ0v) is 8.39. The number of nitrogens with zero attached hydrogens (tertiary/aromatic N) is 2. The maximum Gasteiger partial charge on any atom is 0.0974 e. The zero-order valence-electron chi connectivity index (χ0n) is 8.39. The Balaban J connectivity index is 2.29. The van der Waals surface area contributed by atoms with Crippen molar-refractivity contribution in [3.05, 3.63) is 54.1 Å². The number of hydrogen-bond donors (Lipinski definition) is 0. The first-order valence-corrected chi connectivity index (χ1v) is 4.69. The first kappa shape index (κ1) is 9.65. The highest BCUT2D eigenvalue weighted by atomic mass is 19.1. The van der Waals surface area contributed by atoms with Gasteiger partial charge in [0.25, 0.3) is 0 Å². The quantitative estimate of drug-likeness (QED) is 0.731. The second kappa shape index (κ2) is 4.09. The minimum absolute atomic E-state index is 0.193. The molecule has 0 bridgehead atoms. The van der Waals surface area contributed by atoms with Crippen molar-refractivity contribution in [2.24, 2.45) is 0 Å². The van der Waals surface area contributed by atoms with Crippen LogP contribution in [0.4, 0.5) is 4.39 Å². The first-order chi connectivity index (χ1) is 7.25. The number of allylic oxidation sites excluding steroid dienone is 1. The fourth-order valence-electron chi connectivity index (χ4n) is 1.37. The third-order valence-corrected chi connectivity index (χ3v) is 2.03. The Morgan fingerprint density at radius 3 is 2.60 bits per heavy atom. The third kappa shape index (κ3) is 2.31. The predicted octanol–water partition coefficient (Wildman–Crippen LogP) is 3.20. The van der Waals surface area contributed by atoms with Gasteiger partial charge < -0.3 is 0 Å². The van der Waals surface area contributed by atoms with Crippen LogP contribution in [0.15, 0.2) is 48.6 Å². The number of benzene rings is 1. The Kier molecular flexibility index (Phi) is 2.63. The monoisotopic (exact) mass is 202 g/mol. The summed E-state index contributed by atoms with van der Waals surface area (Å²) in [6.07, 6.45) is 5.08. The van der Waals surface area contributed by atoms with Crippen LogP contribution in [0.2, 0.25) is 0 Å². The van der Waals surface area contributed by atoms with Crippen LogP contribution in [0.25, 0.3) is 11.8 Å². The third-order valence-electron chi connectivity index (χ3n) is 2.03. The van der Waals surface area contributed by atoms with Crippen molar-refractivity contribution in [2.75, 3.05) is 0 Å². The molecular formula is C12H11FN2. The first-order valence-electron chi connectivity index (χ1n) is 4.69. The maximum absolute atomic E-state index is 12.6. The molecule has 0 radical (unpaired) electrons. The highest BCUT2D eigenvalue weighted by Crippen LogP contribution is 2.11. The van der Waals surface area contributed by atoms with Gasteiger partial charge in [-0.15, -0.1) is 0 Å². The molecule has 1 aromatic heterocycles. The highest BCUT2D eigenvalue weighted by molar-refractivity contribution is 5.52. The number of aromatic nitrogens is 2. The SMILES string of the molecule is C/C(F)=C/c1ccc(-n2cccn2)cc1. The van der Waals surface area contributed by atoms with Gasteiger partial charge in [0, 0.05) is 12.4 Å². The van der Waals surface area contributed by atoms with Gasteiger partial charge in [0.05, 0.1) is 11.5 Å². The van der Waals surface area contributed by atoms with E-state index in [1.807, 2.05) is 36.5 Å². The summed E-state index contributed by atoms with van der Waals surface area (Å²) < 4.78 is 14.4. The van der Waals surface area contributed by atoms with Crippen molar-refractivity contribution < 1.29 is 4.39 Å². The summed E-state index contributed by atoms with van der Waals surface area (Å²) in [6.45, 7) is 1.43. The van der Waals surface area contributed by atoms with E-state index in [-0.39, 0.29) is 5.83 Å². The van der Waals surface area contributed by atoms with E-state index in [1.54, 1.807) is 10.9 Å². The van der Waals surface area contributed by atoms with Crippen molar-refractivity contribution in [1.29, 1.82) is 0 Å². The van der Waals surface area contributed by atoms with E-state index in [2.05, 4.69) is 5.10 Å². The van der Waals surface area contributed by atoms with Crippen LogP contribution >= 0.6 is 0 Å². The molecule has 0 saturated heterocycles. The van der Waals surface area contributed by atoms with E-state index in [1.165, 1.54) is 13.0 Å². The summed E-state index contributed by atoms with van der Waals surface area (Å²) in [7, 11) is 0. The molecule has 2 aromatic rings. The fourth-order valence-corrected chi connectivity index (χ4v) is 1.37. The Labute approximate surface area is 87.7 Å². The lowest BCUT2D eigenvalue weighted by Crippen LogP contribution is -1.93. The Morgan fingerprint density at radius 1 is 1.33 bits per heavy atom. The lowest BCUT2D eigenvalue weighted by molar-refractivity contribution is 0.648. The smallest absolute Gasteiger partial charge is 0.0974 e. The van der Waals surface area contributed by atoms with E-state index in [0.29, 0.717) is 0 Å². The van der Waals surface area contributed by atoms with Gasteiger partial charge in [0.2, 0.25) is 0 Å². The van der Waals surface area contributed by atoms with E-state index in [9.17, 15) is 4.39 Å². The normalized spacial score (nSPS) is 11.7. The fraction of sp³-hybridized carbons (Fsp3) is 0.0833. The van der Waals surface area contributed by atoms with Gasteiger partial charge in [-0.25, -0.2) is 9.07 Å². The molecule has 1 aromatic carbocycles. The molecular weight excluding hydrogens is 191 g/mol. The predicted molar refractivity (Wildman–Crippen MR) is 58.3 cm³/mol. The molecule has 0 amide bonds. The number of rotatable bonds is 2. The van der Waals surface area contributed by atoms with Gasteiger partial charge in [0.15, 0.2) is 0 Å². The molecule has 2 nitrogen and oxygen atoms in total. The molecule has 0 spiro atoms. The van der Waals surface area contributed by atoms with Gasteiger partial charge >= 0.3 is 0 Å². The van der Waals surface area contributed by atoms with Crippen molar-refractivity contribution in [2.45, 2.75) is 6.92 Å². The lowest BCUT2D eigenvalue weighted by atomic mass is 10.2. The number of halogens is 1. The molecule has 0 aliphatic heterocycles. The van der Waals surface area contributed by atoms with E-state index in [4.69, 9.17) is 0 Å². The van der Waals surface area contributed by atoms with Gasteiger partial charge in [-0.1, -0.05) is 12.1 Å². The van der Waals surface area contributed by atoms with Crippen LogP contribution in [0.5, 0.6) is 0 Å². The Hall–Kier alpha value is -1.90. The zero-order chi connectivity index (χ0) is 10.7. The van der Waals surface area contributed by atoms with Crippen molar-refractivity contribution in [1.82, 2.24) is 9.78 Å². The minimum atomic E-state index is -0.193. The van der Waals surface area contributed by atoms with Crippen LogP contribution in [0, 0.1) is 0 Å². The van der Waals surface area contributed by atoms with Gasteiger partial charge in [0.1, 0.15) is 0 Å². The molecule has 0 unspecified atom stereocenters. The summed E-state index contributed by atoms with van der Waals surface area (Å²) in [5.41, 5.74) is 1.82. The molecule has 0 saturated carbocycles. The summed E-state index contributed by atoms with van der Waals surface area (Å²) >= 11 is 0. The second-order valence-corrected chi connectivity index (χ2v) is 3.27. The average Bonchev–Trinajstić information content (AvgIpc) is 2.71. The van der Waals surface area contributed by atoms with Gasteiger partial charge in [-0.05, 0) is 36.8 Å².